The molecule has 4 nitrogen and oxygen atoms in total. The predicted molar refractivity (Wildman–Crippen MR) is 127 cm³/mol. The van der Waals surface area contributed by atoms with E-state index < -0.39 is 6.10 Å². The first-order valence-electron chi connectivity index (χ1n) is 12.2. The van der Waals surface area contributed by atoms with E-state index >= 15 is 0 Å². The minimum atomic E-state index is -0.504. The molecule has 2 aromatic carbocycles. The molecular weight excluding hydrogens is 384 g/mol. The van der Waals surface area contributed by atoms with Crippen molar-refractivity contribution in [1.82, 2.24) is 10.2 Å². The summed E-state index contributed by atoms with van der Waals surface area (Å²) in [5.41, 5.74) is 2.67. The van der Waals surface area contributed by atoms with Crippen molar-refractivity contribution >= 4 is 0 Å². The molecule has 0 spiro atoms. The number of likely N-dealkylation sites (tertiary alicyclic amines) is 1. The maximum atomic E-state index is 10.5. The smallest absolute Gasteiger partial charge is 0.119 e. The third-order valence-corrected chi connectivity index (χ3v) is 7.05. The van der Waals surface area contributed by atoms with Gasteiger partial charge in [0.25, 0.3) is 0 Å². The number of benzene rings is 2. The lowest BCUT2D eigenvalue weighted by Gasteiger charge is -2.48. The zero-order chi connectivity index (χ0) is 21.4. The molecule has 1 aliphatic carbocycles. The lowest BCUT2D eigenvalue weighted by Crippen LogP contribution is -2.58. The van der Waals surface area contributed by atoms with Gasteiger partial charge in [0.1, 0.15) is 18.5 Å². The van der Waals surface area contributed by atoms with Crippen molar-refractivity contribution in [2.24, 2.45) is 0 Å². The van der Waals surface area contributed by atoms with Crippen LogP contribution in [0.4, 0.5) is 0 Å². The van der Waals surface area contributed by atoms with Gasteiger partial charge in [0.15, 0.2) is 0 Å². The number of hydrogen-bond donors (Lipinski definition) is 2. The zero-order valence-electron chi connectivity index (χ0n) is 18.8. The molecule has 0 radical (unpaired) electrons. The van der Waals surface area contributed by atoms with Crippen molar-refractivity contribution in [3.05, 3.63) is 54.6 Å². The van der Waals surface area contributed by atoms with Crippen LogP contribution in [-0.2, 0) is 0 Å². The van der Waals surface area contributed by atoms with E-state index in [4.69, 9.17) is 4.74 Å². The number of aliphatic hydroxyl groups is 1. The van der Waals surface area contributed by atoms with Crippen LogP contribution in [0.3, 0.4) is 0 Å². The van der Waals surface area contributed by atoms with E-state index in [0.717, 1.165) is 12.3 Å². The number of piperidine rings is 1. The van der Waals surface area contributed by atoms with Crippen LogP contribution in [0.25, 0.3) is 11.1 Å². The normalized spacial score (nSPS) is 20.3. The van der Waals surface area contributed by atoms with Gasteiger partial charge in [0, 0.05) is 18.6 Å². The lowest BCUT2D eigenvalue weighted by atomic mass is 9.79. The van der Waals surface area contributed by atoms with Crippen molar-refractivity contribution in [3.8, 4) is 16.9 Å². The monoisotopic (exact) mass is 422 g/mol. The van der Waals surface area contributed by atoms with Gasteiger partial charge in [-0.25, -0.2) is 0 Å². The van der Waals surface area contributed by atoms with Gasteiger partial charge in [0.05, 0.1) is 0 Å². The van der Waals surface area contributed by atoms with Gasteiger partial charge in [-0.2, -0.15) is 0 Å². The molecule has 1 heterocycles. The number of nitrogens with zero attached hydrogens (tertiary/aromatic N) is 1. The van der Waals surface area contributed by atoms with Gasteiger partial charge in [0.2, 0.25) is 0 Å². The Bertz CT molecular complexity index is 766. The Morgan fingerprint density at radius 2 is 1.48 bits per heavy atom. The Labute approximate surface area is 187 Å². The van der Waals surface area contributed by atoms with Crippen LogP contribution in [-0.4, -0.2) is 54.4 Å². The van der Waals surface area contributed by atoms with Crippen LogP contribution in [0.2, 0.25) is 0 Å². The highest BCUT2D eigenvalue weighted by molar-refractivity contribution is 5.63. The average molecular weight is 423 g/mol. The van der Waals surface area contributed by atoms with Crippen molar-refractivity contribution in [2.45, 2.75) is 63.0 Å². The summed E-state index contributed by atoms with van der Waals surface area (Å²) in [4.78, 5) is 2.75. The molecule has 0 aromatic heterocycles. The molecule has 31 heavy (non-hydrogen) atoms. The first-order chi connectivity index (χ1) is 15.3. The minimum Gasteiger partial charge on any atom is -0.491 e. The molecule has 1 saturated heterocycles. The second-order valence-electron chi connectivity index (χ2n) is 9.32. The summed E-state index contributed by atoms with van der Waals surface area (Å²) in [6.07, 6.45) is 10.2. The molecule has 0 amide bonds. The van der Waals surface area contributed by atoms with Gasteiger partial charge in [-0.15, -0.1) is 0 Å². The van der Waals surface area contributed by atoms with Crippen molar-refractivity contribution in [3.63, 3.8) is 0 Å². The van der Waals surface area contributed by atoms with Crippen LogP contribution in [0.5, 0.6) is 5.75 Å². The van der Waals surface area contributed by atoms with Gasteiger partial charge in [-0.3, -0.25) is 4.90 Å². The number of ether oxygens (including phenoxy) is 1. The fourth-order valence-corrected chi connectivity index (χ4v) is 5.28. The summed E-state index contributed by atoms with van der Waals surface area (Å²) < 4.78 is 5.84. The van der Waals surface area contributed by atoms with E-state index in [9.17, 15) is 5.11 Å². The summed E-state index contributed by atoms with van der Waals surface area (Å²) in [6, 6.07) is 18.4. The number of rotatable bonds is 9. The Morgan fingerprint density at radius 1 is 0.839 bits per heavy atom. The maximum absolute atomic E-state index is 10.5. The second-order valence-corrected chi connectivity index (χ2v) is 9.32. The van der Waals surface area contributed by atoms with E-state index in [2.05, 4.69) is 34.5 Å². The van der Waals surface area contributed by atoms with Crippen molar-refractivity contribution in [2.75, 3.05) is 32.8 Å². The number of aliphatic hydroxyl groups excluding tert-OH is 1. The van der Waals surface area contributed by atoms with Gasteiger partial charge < -0.3 is 15.2 Å². The first kappa shape index (κ1) is 22.3. The molecule has 2 N–H and O–H groups in total. The van der Waals surface area contributed by atoms with Crippen LogP contribution in [0.15, 0.2) is 54.6 Å². The molecule has 4 rings (SSSR count). The topological polar surface area (TPSA) is 44.7 Å². The molecule has 0 unspecified atom stereocenters. The standard InChI is InChI=1S/C27H38N2O2/c30-25(21-31-26-14-12-24(13-15-26)23-10-4-1-5-11-23)20-28-22-27(16-6-2-7-17-27)29-18-8-3-9-19-29/h1,4-5,10-15,25,28,30H,2-3,6-9,16-22H2/t25-/m0/s1. The molecule has 2 aromatic rings. The summed E-state index contributed by atoms with van der Waals surface area (Å²) in [6.45, 7) is 4.36. The Kier molecular flexibility index (Phi) is 8.01. The predicted octanol–water partition coefficient (Wildman–Crippen LogP) is 4.87. The van der Waals surface area contributed by atoms with Gasteiger partial charge >= 0.3 is 0 Å². The van der Waals surface area contributed by atoms with Gasteiger partial charge in [-0.1, -0.05) is 68.1 Å². The van der Waals surface area contributed by atoms with E-state index in [1.165, 1.54) is 75.6 Å². The molecule has 1 saturated carbocycles. The number of hydrogen-bond acceptors (Lipinski definition) is 4. The maximum Gasteiger partial charge on any atom is 0.119 e. The Morgan fingerprint density at radius 3 is 2.19 bits per heavy atom. The summed E-state index contributed by atoms with van der Waals surface area (Å²) in [5, 5.41) is 14.1. The SMILES string of the molecule is O[C@@H](CNCC1(N2CCCCC2)CCCCC1)COc1ccc(-c2ccccc2)cc1. The third-order valence-electron chi connectivity index (χ3n) is 7.05. The first-order valence-corrected chi connectivity index (χ1v) is 12.2. The van der Waals surface area contributed by atoms with E-state index in [-0.39, 0.29) is 0 Å². The summed E-state index contributed by atoms with van der Waals surface area (Å²) >= 11 is 0. The molecule has 4 heteroatoms. The fraction of sp³-hybridized carbons (Fsp3) is 0.556. The van der Waals surface area contributed by atoms with E-state index in [0.29, 0.717) is 18.7 Å². The highest BCUT2D eigenvalue weighted by Gasteiger charge is 2.37. The van der Waals surface area contributed by atoms with Crippen molar-refractivity contribution in [1.29, 1.82) is 0 Å². The molecule has 2 fully saturated rings. The second kappa shape index (κ2) is 11.1. The molecule has 168 valence electrons. The highest BCUT2D eigenvalue weighted by Crippen LogP contribution is 2.35. The molecular formula is C27H38N2O2. The Hall–Kier alpha value is -1.88. The van der Waals surface area contributed by atoms with Crippen LogP contribution < -0.4 is 10.1 Å². The van der Waals surface area contributed by atoms with Gasteiger partial charge in [-0.05, 0) is 62.0 Å². The summed E-state index contributed by atoms with van der Waals surface area (Å²) in [5.74, 6) is 0.802. The molecule has 1 atom stereocenters. The lowest BCUT2D eigenvalue weighted by molar-refractivity contribution is 0.0289. The van der Waals surface area contributed by atoms with Crippen LogP contribution >= 0.6 is 0 Å². The summed E-state index contributed by atoms with van der Waals surface area (Å²) in [7, 11) is 0. The fourth-order valence-electron chi connectivity index (χ4n) is 5.28. The Balaban J connectivity index is 1.23. The molecule has 0 bridgehead atoms. The molecule has 1 aliphatic heterocycles. The molecule has 2 aliphatic rings. The minimum absolute atomic E-state index is 0.298. The number of nitrogens with one attached hydrogen (secondary N) is 1. The van der Waals surface area contributed by atoms with E-state index in [1.807, 2.05) is 30.3 Å². The van der Waals surface area contributed by atoms with Crippen LogP contribution in [0.1, 0.15) is 51.4 Å². The largest absolute Gasteiger partial charge is 0.491 e. The zero-order valence-corrected chi connectivity index (χ0v) is 18.8. The quantitative estimate of drug-likeness (QED) is 0.605. The van der Waals surface area contributed by atoms with Crippen molar-refractivity contribution < 1.29 is 9.84 Å². The van der Waals surface area contributed by atoms with E-state index in [1.54, 1.807) is 0 Å². The average Bonchev–Trinajstić information content (AvgIpc) is 2.85. The van der Waals surface area contributed by atoms with Crippen LogP contribution in [0, 0.1) is 0 Å². The highest BCUT2D eigenvalue weighted by atomic mass is 16.5. The third kappa shape index (κ3) is 6.09.